The van der Waals surface area contributed by atoms with Gasteiger partial charge in [-0.05, 0) is 33.8 Å². The average Bonchev–Trinajstić information content (AvgIpc) is 2.67. The molecule has 2 aromatic heterocycles. The molecule has 0 unspecified atom stereocenters. The summed E-state index contributed by atoms with van der Waals surface area (Å²) in [4.78, 5) is 22.3. The van der Waals surface area contributed by atoms with Gasteiger partial charge < -0.3 is 9.30 Å². The van der Waals surface area contributed by atoms with Gasteiger partial charge in [-0.25, -0.2) is 14.8 Å². The highest BCUT2D eigenvalue weighted by atomic mass is 16.6. The number of carbonyl (C=O) groups is 1. The number of nitrogens with zero attached hydrogens (tertiary/aromatic N) is 4. The van der Waals surface area contributed by atoms with E-state index < -0.39 is 11.7 Å². The van der Waals surface area contributed by atoms with E-state index in [0.29, 0.717) is 11.3 Å². The number of hydrogen-bond acceptors (Lipinski definition) is 4. The highest BCUT2D eigenvalue weighted by molar-refractivity contribution is 5.96. The molecule has 1 amide bonds. The smallest absolute Gasteiger partial charge is 0.415 e. The molecule has 6 heteroatoms. The lowest BCUT2D eigenvalue weighted by Gasteiger charge is -2.24. The van der Waals surface area contributed by atoms with E-state index in [1.165, 1.54) is 4.90 Å². The summed E-state index contributed by atoms with van der Waals surface area (Å²) < 4.78 is 7.26. The van der Waals surface area contributed by atoms with Crippen LogP contribution in [0.5, 0.6) is 0 Å². The number of pyridine rings is 1. The first kappa shape index (κ1) is 14.3. The van der Waals surface area contributed by atoms with Crippen molar-refractivity contribution in [3.63, 3.8) is 0 Å². The first-order chi connectivity index (χ1) is 9.19. The number of aryl methyl sites for hydroxylation is 2. The molecule has 20 heavy (non-hydrogen) atoms. The fourth-order valence-electron chi connectivity index (χ4n) is 1.88. The standard InChI is InChI=1S/C14H20N4O2/c1-9-7-10-11(15-8-17(10)5)12(16-9)18(6)13(19)20-14(2,3)4/h7-8H,1-6H3. The molecule has 0 aliphatic carbocycles. The Morgan fingerprint density at radius 2 is 2.05 bits per heavy atom. The van der Waals surface area contributed by atoms with Crippen LogP contribution < -0.4 is 4.90 Å². The Balaban J connectivity index is 2.44. The topological polar surface area (TPSA) is 60.2 Å². The Kier molecular flexibility index (Phi) is 3.41. The van der Waals surface area contributed by atoms with Crippen molar-refractivity contribution in [3.05, 3.63) is 18.1 Å². The van der Waals surface area contributed by atoms with Crippen LogP contribution in [0, 0.1) is 6.92 Å². The Bertz CT molecular complexity index is 655. The van der Waals surface area contributed by atoms with E-state index in [-0.39, 0.29) is 0 Å². The van der Waals surface area contributed by atoms with Gasteiger partial charge in [0.05, 0.1) is 11.8 Å². The first-order valence-electron chi connectivity index (χ1n) is 6.44. The Labute approximate surface area is 118 Å². The van der Waals surface area contributed by atoms with Gasteiger partial charge in [0.2, 0.25) is 0 Å². The second-order valence-electron chi connectivity index (χ2n) is 5.85. The number of carbonyl (C=O) groups excluding carboxylic acids is 1. The van der Waals surface area contributed by atoms with Crippen LogP contribution in [0.4, 0.5) is 10.6 Å². The van der Waals surface area contributed by atoms with Crippen molar-refractivity contribution in [2.45, 2.75) is 33.3 Å². The summed E-state index contributed by atoms with van der Waals surface area (Å²) >= 11 is 0. The minimum absolute atomic E-state index is 0.442. The van der Waals surface area contributed by atoms with Crippen molar-refractivity contribution < 1.29 is 9.53 Å². The molecule has 2 aromatic rings. The van der Waals surface area contributed by atoms with Gasteiger partial charge in [-0.2, -0.15) is 0 Å². The van der Waals surface area contributed by atoms with Gasteiger partial charge in [0.25, 0.3) is 0 Å². The van der Waals surface area contributed by atoms with E-state index in [2.05, 4.69) is 9.97 Å². The molecule has 108 valence electrons. The number of hydrogen-bond donors (Lipinski definition) is 0. The van der Waals surface area contributed by atoms with Crippen LogP contribution in [0.15, 0.2) is 12.4 Å². The molecule has 0 fully saturated rings. The predicted molar refractivity (Wildman–Crippen MR) is 77.9 cm³/mol. The number of imidazole rings is 1. The van der Waals surface area contributed by atoms with Crippen LogP contribution in [0.1, 0.15) is 26.5 Å². The van der Waals surface area contributed by atoms with E-state index in [4.69, 9.17) is 4.74 Å². The second kappa shape index (κ2) is 4.77. The summed E-state index contributed by atoms with van der Waals surface area (Å²) in [6.07, 6.45) is 1.26. The molecule has 0 radical (unpaired) electrons. The molecule has 2 heterocycles. The highest BCUT2D eigenvalue weighted by Crippen LogP contribution is 2.24. The first-order valence-corrected chi connectivity index (χ1v) is 6.44. The molecular weight excluding hydrogens is 256 g/mol. The van der Waals surface area contributed by atoms with Gasteiger partial charge in [-0.1, -0.05) is 0 Å². The van der Waals surface area contributed by atoms with Crippen LogP contribution in [0.2, 0.25) is 0 Å². The fourth-order valence-corrected chi connectivity index (χ4v) is 1.88. The maximum atomic E-state index is 12.2. The molecule has 0 bridgehead atoms. The molecule has 2 rings (SSSR count). The number of aromatic nitrogens is 3. The van der Waals surface area contributed by atoms with Crippen LogP contribution in [0.3, 0.4) is 0 Å². The quantitative estimate of drug-likeness (QED) is 0.803. The zero-order chi connectivity index (χ0) is 15.1. The molecule has 0 aromatic carbocycles. The monoisotopic (exact) mass is 276 g/mol. The predicted octanol–water partition coefficient (Wildman–Crippen LogP) is 2.65. The van der Waals surface area contributed by atoms with Gasteiger partial charge >= 0.3 is 6.09 Å². The van der Waals surface area contributed by atoms with E-state index in [1.54, 1.807) is 13.4 Å². The van der Waals surface area contributed by atoms with Crippen LogP contribution >= 0.6 is 0 Å². The van der Waals surface area contributed by atoms with E-state index in [0.717, 1.165) is 11.2 Å². The van der Waals surface area contributed by atoms with Crippen molar-refractivity contribution in [1.82, 2.24) is 14.5 Å². The third kappa shape index (κ3) is 2.74. The zero-order valence-electron chi connectivity index (χ0n) is 12.8. The Morgan fingerprint density at radius 3 is 2.65 bits per heavy atom. The highest BCUT2D eigenvalue weighted by Gasteiger charge is 2.23. The number of fused-ring (bicyclic) bond motifs is 1. The van der Waals surface area contributed by atoms with Gasteiger partial charge in [0.15, 0.2) is 5.82 Å². The van der Waals surface area contributed by atoms with Gasteiger partial charge in [0.1, 0.15) is 11.1 Å². The SMILES string of the molecule is Cc1cc2c(ncn2C)c(N(C)C(=O)OC(C)(C)C)n1. The molecular formula is C14H20N4O2. The third-order valence-electron chi connectivity index (χ3n) is 2.81. The third-order valence-corrected chi connectivity index (χ3v) is 2.81. The Hall–Kier alpha value is -2.11. The number of amides is 1. The van der Waals surface area contributed by atoms with E-state index >= 15 is 0 Å². The lowest BCUT2D eigenvalue weighted by atomic mass is 10.2. The fraction of sp³-hybridized carbons (Fsp3) is 0.500. The normalized spacial score (nSPS) is 11.7. The van der Waals surface area contributed by atoms with Crippen LogP contribution in [-0.2, 0) is 11.8 Å². The summed E-state index contributed by atoms with van der Waals surface area (Å²) in [5, 5.41) is 0. The maximum absolute atomic E-state index is 12.2. The molecule has 0 spiro atoms. The molecule has 0 saturated carbocycles. The summed E-state index contributed by atoms with van der Waals surface area (Å²) in [5.74, 6) is 0.509. The molecule has 0 N–H and O–H groups in total. The number of anilines is 1. The minimum atomic E-state index is -0.543. The van der Waals surface area contributed by atoms with Crippen LogP contribution in [-0.4, -0.2) is 33.3 Å². The average molecular weight is 276 g/mol. The van der Waals surface area contributed by atoms with Crippen molar-refractivity contribution in [1.29, 1.82) is 0 Å². The van der Waals surface area contributed by atoms with Crippen molar-refractivity contribution in [3.8, 4) is 0 Å². The molecule has 0 aliphatic heterocycles. The van der Waals surface area contributed by atoms with Crippen molar-refractivity contribution in [2.24, 2.45) is 7.05 Å². The van der Waals surface area contributed by atoms with Crippen LogP contribution in [0.25, 0.3) is 11.0 Å². The van der Waals surface area contributed by atoms with Gasteiger partial charge in [0, 0.05) is 19.8 Å². The summed E-state index contributed by atoms with van der Waals surface area (Å²) in [6, 6.07) is 1.94. The van der Waals surface area contributed by atoms with Crippen molar-refractivity contribution in [2.75, 3.05) is 11.9 Å². The molecule has 0 saturated heterocycles. The Morgan fingerprint density at radius 1 is 1.40 bits per heavy atom. The van der Waals surface area contributed by atoms with Crippen molar-refractivity contribution >= 4 is 22.9 Å². The molecule has 0 atom stereocenters. The zero-order valence-corrected chi connectivity index (χ0v) is 12.8. The van der Waals surface area contributed by atoms with Gasteiger partial charge in [-0.15, -0.1) is 0 Å². The van der Waals surface area contributed by atoms with E-state index in [9.17, 15) is 4.79 Å². The van der Waals surface area contributed by atoms with E-state index in [1.807, 2.05) is 45.4 Å². The lowest BCUT2D eigenvalue weighted by Crippen LogP contribution is -2.34. The maximum Gasteiger partial charge on any atom is 0.415 e. The number of rotatable bonds is 1. The summed E-state index contributed by atoms with van der Waals surface area (Å²) in [7, 11) is 3.55. The lowest BCUT2D eigenvalue weighted by molar-refractivity contribution is 0.0588. The molecule has 0 aliphatic rings. The van der Waals surface area contributed by atoms with Gasteiger partial charge in [-0.3, -0.25) is 4.90 Å². The number of ether oxygens (including phenoxy) is 1. The molecule has 6 nitrogen and oxygen atoms in total. The second-order valence-corrected chi connectivity index (χ2v) is 5.85. The summed E-state index contributed by atoms with van der Waals surface area (Å²) in [6.45, 7) is 7.38. The largest absolute Gasteiger partial charge is 0.443 e. The summed E-state index contributed by atoms with van der Waals surface area (Å²) in [5.41, 5.74) is 1.90. The minimum Gasteiger partial charge on any atom is -0.443 e.